The monoisotopic (exact) mass is 340 g/mol. The maximum atomic E-state index is 12.0. The fourth-order valence-corrected chi connectivity index (χ4v) is 3.41. The highest BCUT2D eigenvalue weighted by molar-refractivity contribution is 8.14. The zero-order valence-corrected chi connectivity index (χ0v) is 14.4. The van der Waals surface area contributed by atoms with Gasteiger partial charge in [0.2, 0.25) is 5.91 Å². The van der Waals surface area contributed by atoms with E-state index >= 15 is 0 Å². The highest BCUT2D eigenvalue weighted by Gasteiger charge is 2.15. The number of aliphatic imine (C=N–C) groups is 1. The van der Waals surface area contributed by atoms with Gasteiger partial charge in [0.25, 0.3) is 0 Å². The number of thioether (sulfide) groups is 1. The summed E-state index contributed by atoms with van der Waals surface area (Å²) in [6.07, 6.45) is 0.827. The first-order valence-corrected chi connectivity index (χ1v) is 8.85. The number of benzene rings is 2. The van der Waals surface area contributed by atoms with Crippen LogP contribution in [0.25, 0.3) is 0 Å². The van der Waals surface area contributed by atoms with Crippen LogP contribution in [-0.2, 0) is 29.1 Å². The average Bonchev–Trinajstić information content (AvgIpc) is 3.02. The van der Waals surface area contributed by atoms with Gasteiger partial charge in [-0.05, 0) is 22.8 Å². The van der Waals surface area contributed by atoms with E-state index in [1.807, 2.05) is 36.4 Å². The molecule has 0 unspecified atom stereocenters. The summed E-state index contributed by atoms with van der Waals surface area (Å²) in [5.41, 5.74) is 4.44. The molecule has 1 aliphatic rings. The van der Waals surface area contributed by atoms with Crippen LogP contribution in [0.15, 0.2) is 53.5 Å². The largest absolute Gasteiger partial charge is 0.380 e. The Bertz CT molecular complexity index is 759. The van der Waals surface area contributed by atoms with Crippen LogP contribution >= 0.6 is 11.8 Å². The molecule has 0 fully saturated rings. The van der Waals surface area contributed by atoms with Crippen LogP contribution in [0, 0.1) is 0 Å². The van der Waals surface area contributed by atoms with Gasteiger partial charge < -0.3 is 10.1 Å². The number of methoxy groups -OCH3 is 1. The van der Waals surface area contributed by atoms with Crippen molar-refractivity contribution in [2.75, 3.05) is 12.9 Å². The number of fused-ring (bicyclic) bond motifs is 1. The summed E-state index contributed by atoms with van der Waals surface area (Å²) in [7, 11) is 1.68. The molecule has 1 amide bonds. The van der Waals surface area contributed by atoms with Gasteiger partial charge in [0.15, 0.2) is 0 Å². The van der Waals surface area contributed by atoms with Gasteiger partial charge in [0, 0.05) is 20.1 Å². The van der Waals surface area contributed by atoms with Crippen LogP contribution in [0.5, 0.6) is 0 Å². The molecule has 0 bridgehead atoms. The van der Waals surface area contributed by atoms with Gasteiger partial charge in [-0.3, -0.25) is 4.79 Å². The van der Waals surface area contributed by atoms with Crippen LogP contribution in [0.4, 0.5) is 5.69 Å². The molecule has 0 aliphatic carbocycles. The Balaban J connectivity index is 1.45. The second-order valence-electron chi connectivity index (χ2n) is 5.63. The Kier molecular flexibility index (Phi) is 5.67. The molecule has 0 saturated heterocycles. The highest BCUT2D eigenvalue weighted by atomic mass is 32.2. The predicted octanol–water partition coefficient (Wildman–Crippen LogP) is 3.47. The molecular weight excluding hydrogens is 320 g/mol. The van der Waals surface area contributed by atoms with Crippen molar-refractivity contribution < 1.29 is 9.53 Å². The molecule has 5 heteroatoms. The third-order valence-corrected chi connectivity index (χ3v) is 4.72. The van der Waals surface area contributed by atoms with Crippen LogP contribution in [-0.4, -0.2) is 23.8 Å². The number of amides is 1. The number of hydrogen-bond donors (Lipinski definition) is 1. The van der Waals surface area contributed by atoms with Crippen molar-refractivity contribution in [3.63, 3.8) is 0 Å². The molecule has 1 heterocycles. The van der Waals surface area contributed by atoms with Crippen molar-refractivity contribution in [2.24, 2.45) is 4.99 Å². The summed E-state index contributed by atoms with van der Waals surface area (Å²) in [5, 5.41) is 3.97. The van der Waals surface area contributed by atoms with Crippen LogP contribution in [0.1, 0.15) is 16.7 Å². The molecule has 24 heavy (non-hydrogen) atoms. The summed E-state index contributed by atoms with van der Waals surface area (Å²) < 4.78 is 5.13. The first kappa shape index (κ1) is 16.7. The van der Waals surface area contributed by atoms with Gasteiger partial charge in [-0.15, -0.1) is 11.8 Å². The first-order chi connectivity index (χ1) is 11.7. The summed E-state index contributed by atoms with van der Waals surface area (Å²) in [6, 6.07) is 16.1. The molecule has 2 aromatic rings. The van der Waals surface area contributed by atoms with E-state index < -0.39 is 0 Å². The minimum Gasteiger partial charge on any atom is -0.380 e. The Morgan fingerprint density at radius 3 is 2.88 bits per heavy atom. The van der Waals surface area contributed by atoms with E-state index in [9.17, 15) is 4.79 Å². The van der Waals surface area contributed by atoms with Crippen LogP contribution in [0.2, 0.25) is 0 Å². The van der Waals surface area contributed by atoms with E-state index in [2.05, 4.69) is 22.4 Å². The van der Waals surface area contributed by atoms with Crippen molar-refractivity contribution >= 4 is 28.4 Å². The molecule has 3 rings (SSSR count). The minimum atomic E-state index is 0.0239. The van der Waals surface area contributed by atoms with E-state index in [-0.39, 0.29) is 5.91 Å². The van der Waals surface area contributed by atoms with E-state index in [4.69, 9.17) is 4.74 Å². The van der Waals surface area contributed by atoms with E-state index in [1.54, 1.807) is 7.11 Å². The summed E-state index contributed by atoms with van der Waals surface area (Å²) >= 11 is 1.51. The minimum absolute atomic E-state index is 0.0239. The normalized spacial score (nSPS) is 12.6. The molecule has 1 aliphatic heterocycles. The summed E-state index contributed by atoms with van der Waals surface area (Å²) in [4.78, 5) is 16.6. The molecule has 4 nitrogen and oxygen atoms in total. The van der Waals surface area contributed by atoms with Crippen molar-refractivity contribution in [1.29, 1.82) is 0 Å². The molecule has 0 spiro atoms. The second-order valence-corrected chi connectivity index (χ2v) is 6.68. The van der Waals surface area contributed by atoms with E-state index in [0.29, 0.717) is 18.9 Å². The lowest BCUT2D eigenvalue weighted by Gasteiger charge is -2.07. The number of carbonyl (C=O) groups excluding carboxylic acids is 1. The molecule has 0 aromatic heterocycles. The Morgan fingerprint density at radius 2 is 2.04 bits per heavy atom. The maximum absolute atomic E-state index is 12.0. The van der Waals surface area contributed by atoms with Crippen molar-refractivity contribution in [1.82, 2.24) is 5.32 Å². The quantitative estimate of drug-likeness (QED) is 0.876. The molecule has 0 saturated carbocycles. The topological polar surface area (TPSA) is 50.7 Å². The van der Waals surface area contributed by atoms with Gasteiger partial charge >= 0.3 is 0 Å². The van der Waals surface area contributed by atoms with Crippen molar-refractivity contribution in [3.05, 3.63) is 65.2 Å². The van der Waals surface area contributed by atoms with Crippen LogP contribution in [0.3, 0.4) is 0 Å². The van der Waals surface area contributed by atoms with E-state index in [0.717, 1.165) is 28.3 Å². The Morgan fingerprint density at radius 1 is 1.21 bits per heavy atom. The molecular formula is C19H20N2O2S. The molecule has 0 atom stereocenters. The lowest BCUT2D eigenvalue weighted by Crippen LogP contribution is -2.25. The number of hydrogen-bond acceptors (Lipinski definition) is 4. The lowest BCUT2D eigenvalue weighted by atomic mass is 10.1. The molecule has 124 valence electrons. The molecule has 2 aromatic carbocycles. The highest BCUT2D eigenvalue weighted by Crippen LogP contribution is 2.29. The molecule has 1 N–H and O–H groups in total. The fourth-order valence-electron chi connectivity index (χ4n) is 2.59. The van der Waals surface area contributed by atoms with Crippen molar-refractivity contribution in [2.45, 2.75) is 19.6 Å². The number of ether oxygens (including phenoxy) is 1. The third-order valence-electron chi connectivity index (χ3n) is 3.74. The smallest absolute Gasteiger partial charge is 0.230 e. The first-order valence-electron chi connectivity index (χ1n) is 7.86. The average molecular weight is 340 g/mol. The van der Waals surface area contributed by atoms with Gasteiger partial charge in [0.05, 0.1) is 23.1 Å². The summed E-state index contributed by atoms with van der Waals surface area (Å²) in [5.74, 6) is 0.417. The van der Waals surface area contributed by atoms with Gasteiger partial charge in [0.1, 0.15) is 0 Å². The van der Waals surface area contributed by atoms with Gasteiger partial charge in [-0.2, -0.15) is 0 Å². The molecule has 0 radical (unpaired) electrons. The SMILES string of the molecule is COCc1cccc(CNC(=O)CSC2=Nc3ccccc3C2)c1. The Labute approximate surface area is 146 Å². The number of nitrogens with zero attached hydrogens (tertiary/aromatic N) is 1. The number of nitrogens with one attached hydrogen (secondary N) is 1. The zero-order valence-electron chi connectivity index (χ0n) is 13.6. The fraction of sp³-hybridized carbons (Fsp3) is 0.263. The Hall–Kier alpha value is -2.11. The predicted molar refractivity (Wildman–Crippen MR) is 98.7 cm³/mol. The number of para-hydroxylation sites is 1. The van der Waals surface area contributed by atoms with Gasteiger partial charge in [-0.25, -0.2) is 4.99 Å². The summed E-state index contributed by atoms with van der Waals surface area (Å²) in [6.45, 7) is 1.11. The maximum Gasteiger partial charge on any atom is 0.230 e. The number of carbonyl (C=O) groups is 1. The number of rotatable bonds is 6. The van der Waals surface area contributed by atoms with Crippen LogP contribution < -0.4 is 5.32 Å². The van der Waals surface area contributed by atoms with E-state index in [1.165, 1.54) is 17.3 Å². The lowest BCUT2D eigenvalue weighted by molar-refractivity contribution is -0.118. The van der Waals surface area contributed by atoms with Gasteiger partial charge in [-0.1, -0.05) is 42.5 Å². The van der Waals surface area contributed by atoms with Crippen molar-refractivity contribution in [3.8, 4) is 0 Å². The zero-order chi connectivity index (χ0) is 16.8. The standard InChI is InChI=1S/C19H20N2O2S/c1-23-12-15-6-4-5-14(9-15)11-20-18(22)13-24-19-10-16-7-2-3-8-17(16)21-19/h2-9H,10-13H2,1H3,(H,20,22). The third kappa shape index (κ3) is 4.46. The second kappa shape index (κ2) is 8.13.